The van der Waals surface area contributed by atoms with Gasteiger partial charge >= 0.3 is 0 Å². The topological polar surface area (TPSA) is 50.2 Å². The Bertz CT molecular complexity index is 893. The van der Waals surface area contributed by atoms with Crippen LogP contribution in [0.15, 0.2) is 66.7 Å². The molecule has 0 bridgehead atoms. The molecule has 0 aliphatic carbocycles. The van der Waals surface area contributed by atoms with Crippen LogP contribution in [0.3, 0.4) is 0 Å². The number of nitrogens with zero attached hydrogens (tertiary/aromatic N) is 3. The maximum absolute atomic E-state index is 12.7. The Labute approximate surface area is 172 Å². The average molecular weight is 389 g/mol. The third-order valence-electron chi connectivity index (χ3n) is 5.73. The maximum atomic E-state index is 12.7. The summed E-state index contributed by atoms with van der Waals surface area (Å²) in [7, 11) is 1.86. The highest BCUT2D eigenvalue weighted by atomic mass is 16.2. The highest BCUT2D eigenvalue weighted by Crippen LogP contribution is 2.31. The smallest absolute Gasteiger partial charge is 0.272 e. The zero-order valence-electron chi connectivity index (χ0n) is 17.1. The van der Waals surface area contributed by atoms with Crippen LogP contribution >= 0.6 is 0 Å². The van der Waals surface area contributed by atoms with Crippen LogP contribution in [0.25, 0.3) is 0 Å². The molecule has 0 saturated carbocycles. The molecule has 150 valence electrons. The largest absolute Gasteiger partial charge is 0.347 e. The van der Waals surface area contributed by atoms with E-state index in [-0.39, 0.29) is 18.0 Å². The monoisotopic (exact) mass is 388 g/mol. The molecule has 2 heterocycles. The van der Waals surface area contributed by atoms with E-state index in [1.807, 2.05) is 20.0 Å². The number of benzene rings is 2. The van der Waals surface area contributed by atoms with E-state index in [2.05, 4.69) is 76.0 Å². The van der Waals surface area contributed by atoms with E-state index in [1.54, 1.807) is 4.68 Å². The number of aromatic nitrogens is 2. The lowest BCUT2D eigenvalue weighted by atomic mass is 9.94. The Kier molecular flexibility index (Phi) is 5.76. The molecule has 1 unspecified atom stereocenters. The first kappa shape index (κ1) is 19.4. The van der Waals surface area contributed by atoms with Gasteiger partial charge in [-0.3, -0.25) is 14.4 Å². The number of hydrogen-bond acceptors (Lipinski definition) is 3. The molecule has 5 heteroatoms. The minimum atomic E-state index is -0.0866. The van der Waals surface area contributed by atoms with E-state index in [1.165, 1.54) is 11.1 Å². The van der Waals surface area contributed by atoms with Gasteiger partial charge in [-0.15, -0.1) is 0 Å². The van der Waals surface area contributed by atoms with Crippen molar-refractivity contribution >= 4 is 5.91 Å². The second-order valence-corrected chi connectivity index (χ2v) is 7.83. The maximum Gasteiger partial charge on any atom is 0.272 e. The van der Waals surface area contributed by atoms with E-state index >= 15 is 0 Å². The van der Waals surface area contributed by atoms with Gasteiger partial charge < -0.3 is 5.32 Å². The molecule has 3 aromatic rings. The number of carbonyl (C=O) groups excluding carboxylic acids is 1. The summed E-state index contributed by atoms with van der Waals surface area (Å²) in [5, 5.41) is 7.52. The van der Waals surface area contributed by atoms with Gasteiger partial charge in [-0.2, -0.15) is 5.10 Å². The molecule has 2 aromatic carbocycles. The first-order valence-electron chi connectivity index (χ1n) is 10.3. The zero-order valence-corrected chi connectivity index (χ0v) is 17.1. The highest BCUT2D eigenvalue weighted by Gasteiger charge is 2.29. The molecule has 4 rings (SSSR count). The minimum Gasteiger partial charge on any atom is -0.347 e. The Hall–Kier alpha value is -2.92. The number of carbonyl (C=O) groups is 1. The number of aryl methyl sites for hydroxylation is 2. The van der Waals surface area contributed by atoms with Crippen LogP contribution < -0.4 is 5.32 Å². The Morgan fingerprint density at radius 3 is 2.24 bits per heavy atom. The third-order valence-corrected chi connectivity index (χ3v) is 5.73. The van der Waals surface area contributed by atoms with Crippen molar-refractivity contribution in [3.8, 4) is 0 Å². The van der Waals surface area contributed by atoms with Gasteiger partial charge in [0.25, 0.3) is 5.91 Å². The lowest BCUT2D eigenvalue weighted by Crippen LogP contribution is -2.49. The third kappa shape index (κ3) is 4.40. The van der Waals surface area contributed by atoms with Crippen molar-refractivity contribution in [2.45, 2.75) is 31.8 Å². The summed E-state index contributed by atoms with van der Waals surface area (Å²) >= 11 is 0. The molecule has 5 nitrogen and oxygen atoms in total. The molecule has 0 spiro atoms. The summed E-state index contributed by atoms with van der Waals surface area (Å²) in [5.74, 6) is -0.0866. The molecule has 29 heavy (non-hydrogen) atoms. The first-order valence-corrected chi connectivity index (χ1v) is 10.3. The van der Waals surface area contributed by atoms with Gasteiger partial charge in [-0.25, -0.2) is 0 Å². The summed E-state index contributed by atoms with van der Waals surface area (Å²) in [6, 6.07) is 23.4. The SMILES string of the molecule is Cc1cc(C(=O)NC2CCCN(C(c3ccccc3)c3ccccc3)C2)nn1C. The van der Waals surface area contributed by atoms with E-state index < -0.39 is 0 Å². The van der Waals surface area contributed by atoms with E-state index in [0.717, 1.165) is 31.6 Å². The Morgan fingerprint density at radius 1 is 1.07 bits per heavy atom. The number of rotatable bonds is 5. The molecular weight excluding hydrogens is 360 g/mol. The highest BCUT2D eigenvalue weighted by molar-refractivity contribution is 5.92. The van der Waals surface area contributed by atoms with Gasteiger partial charge in [0.15, 0.2) is 0 Å². The van der Waals surface area contributed by atoms with E-state index in [0.29, 0.717) is 5.69 Å². The van der Waals surface area contributed by atoms with Gasteiger partial charge in [-0.05, 0) is 43.5 Å². The molecule has 1 fully saturated rings. The van der Waals surface area contributed by atoms with Crippen LogP contribution in [0.4, 0.5) is 0 Å². The van der Waals surface area contributed by atoms with Gasteiger partial charge in [0.1, 0.15) is 5.69 Å². The van der Waals surface area contributed by atoms with Crippen molar-refractivity contribution in [2.24, 2.45) is 7.05 Å². The summed E-state index contributed by atoms with van der Waals surface area (Å²) in [6.45, 7) is 3.80. The van der Waals surface area contributed by atoms with Crippen LogP contribution in [0.2, 0.25) is 0 Å². The average Bonchev–Trinajstić information content (AvgIpc) is 3.09. The molecule has 0 radical (unpaired) electrons. The van der Waals surface area contributed by atoms with Crippen molar-refractivity contribution < 1.29 is 4.79 Å². The Balaban J connectivity index is 1.53. The summed E-state index contributed by atoms with van der Waals surface area (Å²) in [6.07, 6.45) is 2.05. The number of hydrogen-bond donors (Lipinski definition) is 1. The molecule has 1 N–H and O–H groups in total. The van der Waals surface area contributed by atoms with Crippen molar-refractivity contribution in [1.29, 1.82) is 0 Å². The number of likely N-dealkylation sites (tertiary alicyclic amines) is 1. The summed E-state index contributed by atoms with van der Waals surface area (Å²) < 4.78 is 1.74. The molecular formula is C24H28N4O. The molecule has 1 saturated heterocycles. The van der Waals surface area contributed by atoms with Gasteiger partial charge in [-0.1, -0.05) is 60.7 Å². The lowest BCUT2D eigenvalue weighted by Gasteiger charge is -2.39. The summed E-state index contributed by atoms with van der Waals surface area (Å²) in [5.41, 5.74) is 4.04. The first-order chi connectivity index (χ1) is 14.1. The van der Waals surface area contributed by atoms with Crippen molar-refractivity contribution in [2.75, 3.05) is 13.1 Å². The fraction of sp³-hybridized carbons (Fsp3) is 0.333. The lowest BCUT2D eigenvalue weighted by molar-refractivity contribution is 0.0882. The summed E-state index contributed by atoms with van der Waals surface area (Å²) in [4.78, 5) is 15.2. The van der Waals surface area contributed by atoms with E-state index in [4.69, 9.17) is 0 Å². The fourth-order valence-electron chi connectivity index (χ4n) is 4.17. The van der Waals surface area contributed by atoms with Crippen LogP contribution in [-0.4, -0.2) is 39.7 Å². The van der Waals surface area contributed by atoms with Crippen LogP contribution in [0, 0.1) is 6.92 Å². The fourth-order valence-corrected chi connectivity index (χ4v) is 4.17. The number of amides is 1. The quantitative estimate of drug-likeness (QED) is 0.725. The van der Waals surface area contributed by atoms with Gasteiger partial charge in [0.2, 0.25) is 0 Å². The number of piperidine rings is 1. The van der Waals surface area contributed by atoms with E-state index in [9.17, 15) is 4.79 Å². The molecule has 1 amide bonds. The van der Waals surface area contributed by atoms with Crippen molar-refractivity contribution in [3.05, 3.63) is 89.2 Å². The van der Waals surface area contributed by atoms with Crippen molar-refractivity contribution in [3.63, 3.8) is 0 Å². The molecule has 1 aromatic heterocycles. The normalized spacial score (nSPS) is 17.4. The van der Waals surface area contributed by atoms with Gasteiger partial charge in [0.05, 0.1) is 6.04 Å². The molecule has 1 aliphatic heterocycles. The van der Waals surface area contributed by atoms with Crippen molar-refractivity contribution in [1.82, 2.24) is 20.0 Å². The predicted octanol–water partition coefficient (Wildman–Crippen LogP) is 3.71. The molecule has 1 atom stereocenters. The second kappa shape index (κ2) is 8.62. The second-order valence-electron chi connectivity index (χ2n) is 7.83. The Morgan fingerprint density at radius 2 is 1.69 bits per heavy atom. The van der Waals surface area contributed by atoms with Crippen LogP contribution in [-0.2, 0) is 7.05 Å². The molecule has 1 aliphatic rings. The minimum absolute atomic E-state index is 0.0866. The predicted molar refractivity (Wildman–Crippen MR) is 115 cm³/mol. The van der Waals surface area contributed by atoms with Crippen LogP contribution in [0.1, 0.15) is 46.2 Å². The zero-order chi connectivity index (χ0) is 20.2. The van der Waals surface area contributed by atoms with Gasteiger partial charge in [0, 0.05) is 25.3 Å². The number of nitrogens with one attached hydrogen (secondary N) is 1. The van der Waals surface area contributed by atoms with Crippen LogP contribution in [0.5, 0.6) is 0 Å². The standard InChI is InChI=1S/C24H28N4O/c1-18-16-22(26-27(18)2)24(29)25-21-14-9-15-28(17-21)23(19-10-5-3-6-11-19)20-12-7-4-8-13-20/h3-8,10-13,16,21,23H,9,14-15,17H2,1-2H3,(H,25,29).